The molecule has 5 nitrogen and oxygen atoms in total. The van der Waals surface area contributed by atoms with Crippen LogP contribution in [0.2, 0.25) is 0 Å². The maximum Gasteiger partial charge on any atom is 0.248 e. The average molecular weight is 439 g/mol. The van der Waals surface area contributed by atoms with E-state index in [0.29, 0.717) is 26.1 Å². The van der Waals surface area contributed by atoms with Crippen molar-refractivity contribution in [2.24, 2.45) is 11.7 Å². The second-order valence-corrected chi connectivity index (χ2v) is 9.86. The first-order valence-corrected chi connectivity index (χ1v) is 13.1. The second-order valence-electron chi connectivity index (χ2n) is 9.86. The third kappa shape index (κ3) is 10.5. The van der Waals surface area contributed by atoms with Crippen LogP contribution in [0.5, 0.6) is 0 Å². The molecule has 1 rings (SSSR count). The summed E-state index contributed by atoms with van der Waals surface area (Å²) >= 11 is 0. The van der Waals surface area contributed by atoms with Crippen molar-refractivity contribution in [2.75, 3.05) is 26.3 Å². The number of Topliss-reactive ketones (excluding diaryl/α,β-unsaturated/α-hetero) is 1. The van der Waals surface area contributed by atoms with E-state index in [1.54, 1.807) is 0 Å². The largest absolute Gasteiger partial charge is 0.377 e. The van der Waals surface area contributed by atoms with Gasteiger partial charge in [-0.05, 0) is 25.3 Å². The van der Waals surface area contributed by atoms with E-state index in [4.69, 9.17) is 10.5 Å². The number of hydrogen-bond acceptors (Lipinski definition) is 4. The van der Waals surface area contributed by atoms with Crippen LogP contribution in [0.1, 0.15) is 117 Å². The Morgan fingerprint density at radius 3 is 1.90 bits per heavy atom. The van der Waals surface area contributed by atoms with E-state index in [-0.39, 0.29) is 12.4 Å². The number of ether oxygens (including phenoxy) is 1. The van der Waals surface area contributed by atoms with E-state index in [0.717, 1.165) is 25.2 Å². The number of nitrogens with two attached hydrogens (primary N) is 1. The Morgan fingerprint density at radius 1 is 0.903 bits per heavy atom. The van der Waals surface area contributed by atoms with Crippen LogP contribution in [-0.4, -0.2) is 48.4 Å². The van der Waals surface area contributed by atoms with Gasteiger partial charge in [-0.15, -0.1) is 0 Å². The zero-order chi connectivity index (χ0) is 23.0. The molecule has 0 saturated carbocycles. The fourth-order valence-electron chi connectivity index (χ4n) is 4.68. The molecular weight excluding hydrogens is 388 g/mol. The van der Waals surface area contributed by atoms with Gasteiger partial charge in [0.25, 0.3) is 0 Å². The summed E-state index contributed by atoms with van der Waals surface area (Å²) in [6.45, 7) is 8.64. The number of morpholine rings is 1. The molecule has 31 heavy (non-hydrogen) atoms. The van der Waals surface area contributed by atoms with Crippen LogP contribution in [0.15, 0.2) is 0 Å². The van der Waals surface area contributed by atoms with E-state index < -0.39 is 11.4 Å². The van der Waals surface area contributed by atoms with Crippen LogP contribution in [0.25, 0.3) is 0 Å². The molecule has 5 heteroatoms. The lowest BCUT2D eigenvalue weighted by Gasteiger charge is -2.43. The summed E-state index contributed by atoms with van der Waals surface area (Å²) in [5, 5.41) is 0. The van der Waals surface area contributed by atoms with E-state index in [1.165, 1.54) is 70.6 Å². The molecule has 0 aromatic rings. The van der Waals surface area contributed by atoms with Crippen LogP contribution >= 0.6 is 0 Å². The van der Waals surface area contributed by atoms with Crippen molar-refractivity contribution in [3.05, 3.63) is 0 Å². The van der Waals surface area contributed by atoms with Gasteiger partial charge in [0.15, 0.2) is 11.3 Å². The normalized spacial score (nSPS) is 19.7. The van der Waals surface area contributed by atoms with Gasteiger partial charge in [-0.3, -0.25) is 14.5 Å². The zero-order valence-corrected chi connectivity index (χ0v) is 20.8. The van der Waals surface area contributed by atoms with Gasteiger partial charge in [0, 0.05) is 13.0 Å². The predicted octanol–water partition coefficient (Wildman–Crippen LogP) is 5.64. The first-order valence-electron chi connectivity index (χ1n) is 13.1. The molecule has 0 aliphatic carbocycles. The Balaban J connectivity index is 2.10. The quantitative estimate of drug-likeness (QED) is 0.209. The highest BCUT2D eigenvalue weighted by molar-refractivity contribution is 6.10. The smallest absolute Gasteiger partial charge is 0.248 e. The molecule has 182 valence electrons. The minimum absolute atomic E-state index is 0.0541. The number of rotatable bonds is 19. The number of ketones is 1. The zero-order valence-electron chi connectivity index (χ0n) is 20.8. The van der Waals surface area contributed by atoms with Gasteiger partial charge in [-0.2, -0.15) is 0 Å². The van der Waals surface area contributed by atoms with Gasteiger partial charge >= 0.3 is 0 Å². The topological polar surface area (TPSA) is 72.6 Å². The summed E-state index contributed by atoms with van der Waals surface area (Å²) in [5.41, 5.74) is 4.45. The number of primary amides is 1. The lowest BCUT2D eigenvalue weighted by atomic mass is 9.87. The number of unbranched alkanes of at least 4 members (excludes halogenated alkanes) is 11. The number of carbonyl (C=O) groups is 2. The molecule has 1 fully saturated rings. The molecule has 0 aromatic heterocycles. The third-order valence-corrected chi connectivity index (χ3v) is 6.65. The average Bonchev–Trinajstić information content (AvgIpc) is 2.74. The molecule has 2 N–H and O–H groups in total. The lowest BCUT2D eigenvalue weighted by Crippen LogP contribution is -2.68. The highest BCUT2D eigenvalue weighted by Crippen LogP contribution is 2.25. The van der Waals surface area contributed by atoms with E-state index >= 15 is 0 Å². The molecule has 1 saturated heterocycles. The third-order valence-electron chi connectivity index (χ3n) is 6.65. The predicted molar refractivity (Wildman–Crippen MR) is 129 cm³/mol. The molecular formula is C26H50N2O3. The van der Waals surface area contributed by atoms with Crippen molar-refractivity contribution in [1.82, 2.24) is 4.90 Å². The summed E-state index contributed by atoms with van der Waals surface area (Å²) < 4.78 is 5.51. The van der Waals surface area contributed by atoms with Crippen molar-refractivity contribution >= 4 is 11.7 Å². The minimum atomic E-state index is -1.25. The van der Waals surface area contributed by atoms with Crippen LogP contribution in [0, 0.1) is 5.92 Å². The van der Waals surface area contributed by atoms with Crippen LogP contribution < -0.4 is 5.73 Å². The van der Waals surface area contributed by atoms with Gasteiger partial charge < -0.3 is 10.5 Å². The molecule has 1 unspecified atom stereocenters. The summed E-state index contributed by atoms with van der Waals surface area (Å²) in [4.78, 5) is 27.2. The van der Waals surface area contributed by atoms with Crippen LogP contribution in [0.4, 0.5) is 0 Å². The van der Waals surface area contributed by atoms with Gasteiger partial charge in [0.1, 0.15) is 0 Å². The molecule has 1 heterocycles. The van der Waals surface area contributed by atoms with Gasteiger partial charge in [-0.25, -0.2) is 0 Å². The second kappa shape index (κ2) is 16.7. The fourth-order valence-corrected chi connectivity index (χ4v) is 4.68. The lowest BCUT2D eigenvalue weighted by molar-refractivity contribution is -0.156. The molecule has 1 atom stereocenters. The first-order chi connectivity index (χ1) is 14.9. The maximum absolute atomic E-state index is 13.0. The van der Waals surface area contributed by atoms with Gasteiger partial charge in [0.05, 0.1) is 13.2 Å². The summed E-state index contributed by atoms with van der Waals surface area (Å²) in [6.07, 6.45) is 17.9. The Kier molecular flexibility index (Phi) is 15.1. The monoisotopic (exact) mass is 438 g/mol. The van der Waals surface area contributed by atoms with Crippen LogP contribution in [-0.2, 0) is 14.3 Å². The van der Waals surface area contributed by atoms with Crippen molar-refractivity contribution in [3.63, 3.8) is 0 Å². The van der Waals surface area contributed by atoms with E-state index in [9.17, 15) is 9.59 Å². The standard InChI is InChI=1S/C26H50N2O3/c1-4-19-28-20-21-31-22-26(28,25(27)30)24(29)18-16-14-12-10-8-6-5-7-9-11-13-15-17-23(2)3/h23H,4-22H2,1-3H3,(H2,27,30). The number of amides is 1. The Hall–Kier alpha value is -0.940. The maximum atomic E-state index is 13.0. The van der Waals surface area contributed by atoms with Gasteiger partial charge in [0.2, 0.25) is 5.91 Å². The molecule has 0 bridgehead atoms. The van der Waals surface area contributed by atoms with E-state index in [1.807, 2.05) is 4.90 Å². The molecule has 0 aromatic carbocycles. The highest BCUT2D eigenvalue weighted by atomic mass is 16.5. The SMILES string of the molecule is CCCN1CCOCC1(C(N)=O)C(=O)CCCCCCCCCCCCCCC(C)C. The van der Waals surface area contributed by atoms with Crippen LogP contribution in [0.3, 0.4) is 0 Å². The molecule has 1 amide bonds. The van der Waals surface area contributed by atoms with Crippen molar-refractivity contribution in [3.8, 4) is 0 Å². The van der Waals surface area contributed by atoms with Crippen molar-refractivity contribution in [2.45, 2.75) is 123 Å². The number of carbonyl (C=O) groups excluding carboxylic acids is 2. The molecule has 1 aliphatic rings. The fraction of sp³-hybridized carbons (Fsp3) is 0.923. The Bertz CT molecular complexity index is 493. The Morgan fingerprint density at radius 2 is 1.42 bits per heavy atom. The molecule has 0 spiro atoms. The summed E-state index contributed by atoms with van der Waals surface area (Å²) in [6, 6.07) is 0. The summed E-state index contributed by atoms with van der Waals surface area (Å²) in [5.74, 6) is 0.242. The van der Waals surface area contributed by atoms with Crippen molar-refractivity contribution in [1.29, 1.82) is 0 Å². The molecule has 1 aliphatic heterocycles. The first kappa shape index (κ1) is 28.1. The van der Waals surface area contributed by atoms with Crippen molar-refractivity contribution < 1.29 is 14.3 Å². The van der Waals surface area contributed by atoms with Gasteiger partial charge in [-0.1, -0.05) is 97.8 Å². The molecule has 0 radical (unpaired) electrons. The number of hydrogen-bond donors (Lipinski definition) is 1. The van der Waals surface area contributed by atoms with E-state index in [2.05, 4.69) is 20.8 Å². The number of nitrogens with zero attached hydrogens (tertiary/aromatic N) is 1. The Labute approximate surface area is 191 Å². The summed E-state index contributed by atoms with van der Waals surface area (Å²) in [7, 11) is 0. The minimum Gasteiger partial charge on any atom is -0.377 e. The highest BCUT2D eigenvalue weighted by Gasteiger charge is 2.50.